The van der Waals surface area contributed by atoms with Crippen molar-refractivity contribution in [2.24, 2.45) is 0 Å². The number of rotatable bonds is 4. The molecule has 54 heavy (non-hydrogen) atoms. The molecule has 12 rings (SSSR count). The Morgan fingerprint density at radius 2 is 1.04 bits per heavy atom. The van der Waals surface area contributed by atoms with Crippen LogP contribution in [-0.4, -0.2) is 4.57 Å². The molecule has 0 atom stereocenters. The highest BCUT2D eigenvalue weighted by Crippen LogP contribution is 2.45. The number of hydrogen-bond donors (Lipinski definition) is 0. The van der Waals surface area contributed by atoms with Crippen molar-refractivity contribution in [1.82, 2.24) is 4.57 Å². The molecule has 0 radical (unpaired) electrons. The number of thiophene rings is 1. The van der Waals surface area contributed by atoms with Gasteiger partial charge in [-0.25, -0.2) is 0 Å². The normalized spacial score (nSPS) is 12.1. The van der Waals surface area contributed by atoms with E-state index in [0.717, 1.165) is 50.2 Å². The van der Waals surface area contributed by atoms with Gasteiger partial charge in [-0.2, -0.15) is 0 Å². The fourth-order valence-electron chi connectivity index (χ4n) is 8.66. The number of para-hydroxylation sites is 2. The second-order valence-electron chi connectivity index (χ2n) is 14.1. The van der Waals surface area contributed by atoms with E-state index in [1.165, 1.54) is 58.0 Å². The van der Waals surface area contributed by atoms with Gasteiger partial charge < -0.3 is 13.9 Å². The van der Waals surface area contributed by atoms with E-state index in [4.69, 9.17) is 4.42 Å². The maximum atomic E-state index is 6.47. The molecule has 9 aromatic carbocycles. The Morgan fingerprint density at radius 1 is 0.389 bits per heavy atom. The number of anilines is 3. The van der Waals surface area contributed by atoms with Gasteiger partial charge in [0, 0.05) is 70.5 Å². The minimum Gasteiger partial charge on any atom is -0.456 e. The van der Waals surface area contributed by atoms with Crippen molar-refractivity contribution in [2.75, 3.05) is 4.90 Å². The Hall–Kier alpha value is -6.88. The summed E-state index contributed by atoms with van der Waals surface area (Å²) in [6, 6.07) is 66.1. The predicted octanol–water partition coefficient (Wildman–Crippen LogP) is 14.8. The van der Waals surface area contributed by atoms with Crippen LogP contribution in [0.1, 0.15) is 0 Å². The fraction of sp³-hybridized carbons (Fsp3) is 0. The van der Waals surface area contributed by atoms with E-state index in [-0.39, 0.29) is 0 Å². The molecule has 0 saturated carbocycles. The highest BCUT2D eigenvalue weighted by molar-refractivity contribution is 7.25. The first kappa shape index (κ1) is 29.7. The molecule has 0 N–H and O–H groups in total. The predicted molar refractivity (Wildman–Crippen MR) is 231 cm³/mol. The second kappa shape index (κ2) is 11.3. The largest absolute Gasteiger partial charge is 0.456 e. The van der Waals surface area contributed by atoms with Gasteiger partial charge in [-0.15, -0.1) is 11.3 Å². The topological polar surface area (TPSA) is 21.3 Å². The highest BCUT2D eigenvalue weighted by Gasteiger charge is 2.21. The molecule has 0 aliphatic heterocycles. The summed E-state index contributed by atoms with van der Waals surface area (Å²) in [4.78, 5) is 2.39. The van der Waals surface area contributed by atoms with Gasteiger partial charge >= 0.3 is 0 Å². The molecule has 0 amide bonds. The van der Waals surface area contributed by atoms with Gasteiger partial charge in [-0.3, -0.25) is 0 Å². The van der Waals surface area contributed by atoms with E-state index in [0.29, 0.717) is 0 Å². The van der Waals surface area contributed by atoms with Gasteiger partial charge in [0.15, 0.2) is 0 Å². The van der Waals surface area contributed by atoms with E-state index in [1.54, 1.807) is 0 Å². The van der Waals surface area contributed by atoms with Crippen LogP contribution < -0.4 is 4.90 Å². The van der Waals surface area contributed by atoms with Gasteiger partial charge in [0.05, 0.1) is 11.0 Å². The Kier molecular flexibility index (Phi) is 6.21. The summed E-state index contributed by atoms with van der Waals surface area (Å²) in [6.07, 6.45) is 0. The van der Waals surface area contributed by atoms with Crippen molar-refractivity contribution in [2.45, 2.75) is 0 Å². The summed E-state index contributed by atoms with van der Waals surface area (Å²) >= 11 is 1.86. The van der Waals surface area contributed by atoms with Gasteiger partial charge in [-0.05, 0) is 100 Å². The lowest BCUT2D eigenvalue weighted by Crippen LogP contribution is -2.10. The van der Waals surface area contributed by atoms with Crippen LogP contribution in [-0.2, 0) is 0 Å². The van der Waals surface area contributed by atoms with Crippen molar-refractivity contribution >= 4 is 114 Å². The van der Waals surface area contributed by atoms with Crippen molar-refractivity contribution in [3.05, 3.63) is 182 Å². The first-order valence-electron chi connectivity index (χ1n) is 18.3. The second-order valence-corrected chi connectivity index (χ2v) is 15.2. The quantitative estimate of drug-likeness (QED) is 0.182. The molecule has 0 aliphatic rings. The van der Waals surface area contributed by atoms with Gasteiger partial charge in [-0.1, -0.05) is 97.1 Å². The molecule has 3 nitrogen and oxygen atoms in total. The third-order valence-electron chi connectivity index (χ3n) is 11.1. The van der Waals surface area contributed by atoms with Gasteiger partial charge in [0.2, 0.25) is 0 Å². The van der Waals surface area contributed by atoms with Crippen molar-refractivity contribution < 1.29 is 4.42 Å². The molecule has 0 saturated heterocycles. The zero-order valence-corrected chi connectivity index (χ0v) is 29.8. The van der Waals surface area contributed by atoms with Gasteiger partial charge in [0.25, 0.3) is 0 Å². The molecule has 0 aliphatic carbocycles. The number of hydrogen-bond acceptors (Lipinski definition) is 3. The molecule has 252 valence electrons. The van der Waals surface area contributed by atoms with Crippen molar-refractivity contribution in [3.8, 4) is 5.69 Å². The molecule has 3 heterocycles. The average molecular weight is 707 g/mol. The van der Waals surface area contributed by atoms with E-state index in [9.17, 15) is 0 Å². The summed E-state index contributed by atoms with van der Waals surface area (Å²) in [7, 11) is 0. The summed E-state index contributed by atoms with van der Waals surface area (Å²) in [6.45, 7) is 0. The lowest BCUT2D eigenvalue weighted by molar-refractivity contribution is 0.669. The molecule has 0 spiro atoms. The maximum Gasteiger partial charge on any atom is 0.137 e. The molecule has 4 heteroatoms. The van der Waals surface area contributed by atoms with Crippen LogP contribution in [0.5, 0.6) is 0 Å². The first-order chi connectivity index (χ1) is 26.7. The lowest BCUT2D eigenvalue weighted by atomic mass is 10.0. The molecular weight excluding hydrogens is 677 g/mol. The van der Waals surface area contributed by atoms with Crippen LogP contribution in [0.15, 0.2) is 186 Å². The molecule has 0 unspecified atom stereocenters. The zero-order valence-electron chi connectivity index (χ0n) is 29.0. The third kappa shape index (κ3) is 4.35. The molecule has 12 aromatic rings. The number of aromatic nitrogens is 1. The number of nitrogens with zero attached hydrogens (tertiary/aromatic N) is 2. The molecule has 0 fully saturated rings. The van der Waals surface area contributed by atoms with E-state index in [1.807, 2.05) is 23.5 Å². The standard InChI is InChI=1S/C50H30N2OS/c1-2-13-34(14-3-1)52-44-24-18-31-10-6-7-15-38(31)50(44)41-23-20-36(29-45(41)52)51(37-19-22-40-39-16-8-9-17-46(39)53-47(40)30-37)35-21-25-48-43(28-35)42-26-32-11-4-5-12-33(32)27-49(42)54-48/h1-30H. The Bertz CT molecular complexity index is 3460. The first-order valence-corrected chi connectivity index (χ1v) is 19.1. The third-order valence-corrected chi connectivity index (χ3v) is 12.2. The van der Waals surface area contributed by atoms with Crippen LogP contribution in [0.4, 0.5) is 17.1 Å². The van der Waals surface area contributed by atoms with Crippen LogP contribution in [0.3, 0.4) is 0 Å². The van der Waals surface area contributed by atoms with E-state index < -0.39 is 0 Å². The zero-order chi connectivity index (χ0) is 35.3. The van der Waals surface area contributed by atoms with Crippen LogP contribution in [0, 0.1) is 0 Å². The molecule has 3 aromatic heterocycles. The Balaban J connectivity index is 1.14. The number of benzene rings is 9. The maximum absolute atomic E-state index is 6.47. The summed E-state index contributed by atoms with van der Waals surface area (Å²) in [5.74, 6) is 0. The summed E-state index contributed by atoms with van der Waals surface area (Å²) in [5, 5.41) is 12.3. The molecule has 0 bridgehead atoms. The monoisotopic (exact) mass is 706 g/mol. The number of fused-ring (bicyclic) bond motifs is 12. The minimum absolute atomic E-state index is 0.873. The Morgan fingerprint density at radius 3 is 1.91 bits per heavy atom. The minimum atomic E-state index is 0.873. The average Bonchev–Trinajstić information content (AvgIpc) is 3.89. The van der Waals surface area contributed by atoms with E-state index in [2.05, 4.69) is 179 Å². The summed E-state index contributed by atoms with van der Waals surface area (Å²) < 4.78 is 11.5. The van der Waals surface area contributed by atoms with Crippen molar-refractivity contribution in [1.29, 1.82) is 0 Å². The van der Waals surface area contributed by atoms with Gasteiger partial charge in [0.1, 0.15) is 11.2 Å². The van der Waals surface area contributed by atoms with Crippen LogP contribution >= 0.6 is 11.3 Å². The van der Waals surface area contributed by atoms with Crippen molar-refractivity contribution in [3.63, 3.8) is 0 Å². The van der Waals surface area contributed by atoms with Crippen LogP contribution in [0.25, 0.3) is 91.1 Å². The fourth-order valence-corrected chi connectivity index (χ4v) is 9.78. The van der Waals surface area contributed by atoms with Crippen LogP contribution in [0.2, 0.25) is 0 Å². The SMILES string of the molecule is c1ccc(-n2c3cc(N(c4ccc5c(c4)oc4ccccc45)c4ccc5sc6cc7ccccc7cc6c5c4)ccc3c3c4ccccc4ccc32)cc1. The van der Waals surface area contributed by atoms with E-state index >= 15 is 0 Å². The summed E-state index contributed by atoms with van der Waals surface area (Å²) in [5.41, 5.74) is 8.48. The molecular formula is C50H30N2OS. The lowest BCUT2D eigenvalue weighted by Gasteiger charge is -2.26. The highest BCUT2D eigenvalue weighted by atomic mass is 32.1. The Labute approximate surface area is 314 Å². The smallest absolute Gasteiger partial charge is 0.137 e. The number of furan rings is 1.